The molecular formula is C13H24N2O2. The van der Waals surface area contributed by atoms with Crippen molar-refractivity contribution in [2.45, 2.75) is 70.1 Å². The first-order valence-corrected chi connectivity index (χ1v) is 6.61. The molecule has 0 radical (unpaired) electrons. The molecule has 1 heterocycles. The number of rotatable bonds is 0. The number of nitrogens with two attached hydrogens (primary N) is 1. The molecule has 0 aromatic heterocycles. The lowest BCUT2D eigenvalue weighted by molar-refractivity contribution is -0.0519. The van der Waals surface area contributed by atoms with Gasteiger partial charge >= 0.3 is 6.09 Å². The zero-order valence-corrected chi connectivity index (χ0v) is 11.2. The summed E-state index contributed by atoms with van der Waals surface area (Å²) in [5.41, 5.74) is 5.69. The van der Waals surface area contributed by atoms with Gasteiger partial charge in [-0.1, -0.05) is 0 Å². The summed E-state index contributed by atoms with van der Waals surface area (Å²) in [6.07, 6.45) is 5.07. The van der Waals surface area contributed by atoms with Crippen LogP contribution in [0, 0.1) is 0 Å². The first kappa shape index (κ1) is 12.7. The van der Waals surface area contributed by atoms with Gasteiger partial charge in [-0.15, -0.1) is 0 Å². The van der Waals surface area contributed by atoms with E-state index in [4.69, 9.17) is 10.5 Å². The van der Waals surface area contributed by atoms with Crippen LogP contribution < -0.4 is 5.73 Å². The molecule has 4 heteroatoms. The largest absolute Gasteiger partial charge is 0.444 e. The summed E-state index contributed by atoms with van der Waals surface area (Å²) in [4.78, 5) is 14.1. The van der Waals surface area contributed by atoms with Crippen molar-refractivity contribution >= 4 is 6.09 Å². The molecule has 17 heavy (non-hydrogen) atoms. The topological polar surface area (TPSA) is 55.6 Å². The van der Waals surface area contributed by atoms with Crippen molar-refractivity contribution in [3.05, 3.63) is 0 Å². The maximum Gasteiger partial charge on any atom is 0.410 e. The van der Waals surface area contributed by atoms with E-state index in [0.717, 1.165) is 32.2 Å². The Bertz CT molecular complexity index is 305. The van der Waals surface area contributed by atoms with E-state index in [2.05, 4.69) is 0 Å². The zero-order chi connectivity index (χ0) is 12.7. The fourth-order valence-corrected chi connectivity index (χ4v) is 2.93. The van der Waals surface area contributed by atoms with Crippen LogP contribution in [-0.2, 0) is 4.74 Å². The molecule has 2 fully saturated rings. The van der Waals surface area contributed by atoms with Crippen LogP contribution in [0.4, 0.5) is 4.79 Å². The summed E-state index contributed by atoms with van der Waals surface area (Å²) in [7, 11) is 0. The van der Waals surface area contributed by atoms with Crippen molar-refractivity contribution in [2.75, 3.05) is 6.54 Å². The predicted molar refractivity (Wildman–Crippen MR) is 66.7 cm³/mol. The molecule has 2 rings (SSSR count). The zero-order valence-electron chi connectivity index (χ0n) is 11.2. The van der Waals surface area contributed by atoms with Gasteiger partial charge in [-0.2, -0.15) is 0 Å². The number of ether oxygens (including phenoxy) is 1. The van der Waals surface area contributed by atoms with Gasteiger partial charge in [0.25, 0.3) is 0 Å². The third-order valence-electron chi connectivity index (χ3n) is 3.96. The predicted octanol–water partition coefficient (Wildman–Crippen LogP) is 2.27. The van der Waals surface area contributed by atoms with E-state index >= 15 is 0 Å². The lowest BCUT2D eigenvalue weighted by Crippen LogP contribution is -2.68. The second kappa shape index (κ2) is 4.16. The Morgan fingerprint density at radius 1 is 1.35 bits per heavy atom. The number of carbonyl (C=O) groups is 1. The minimum atomic E-state index is -0.427. The number of piperidine rings is 1. The molecule has 98 valence electrons. The Kier molecular flexibility index (Phi) is 3.10. The van der Waals surface area contributed by atoms with Crippen molar-refractivity contribution in [1.29, 1.82) is 0 Å². The maximum absolute atomic E-state index is 12.2. The number of carbonyl (C=O) groups excluding carboxylic acids is 1. The van der Waals surface area contributed by atoms with Gasteiger partial charge in [0.2, 0.25) is 0 Å². The lowest BCUT2D eigenvalue weighted by Gasteiger charge is -2.56. The third-order valence-corrected chi connectivity index (χ3v) is 3.96. The Morgan fingerprint density at radius 2 is 2.00 bits per heavy atom. The van der Waals surface area contributed by atoms with Crippen LogP contribution in [0.5, 0.6) is 0 Å². The van der Waals surface area contributed by atoms with Gasteiger partial charge in [-0.25, -0.2) is 4.79 Å². The first-order valence-electron chi connectivity index (χ1n) is 6.61. The molecule has 1 atom stereocenters. The normalized spacial score (nSPS) is 27.8. The van der Waals surface area contributed by atoms with Crippen molar-refractivity contribution in [1.82, 2.24) is 4.90 Å². The minimum Gasteiger partial charge on any atom is -0.444 e. The molecule has 0 aromatic rings. The van der Waals surface area contributed by atoms with Crippen molar-refractivity contribution < 1.29 is 9.53 Å². The third kappa shape index (κ3) is 2.28. The summed E-state index contributed by atoms with van der Waals surface area (Å²) >= 11 is 0. The molecule has 1 spiro atoms. The molecule has 4 nitrogen and oxygen atoms in total. The molecule has 1 aliphatic carbocycles. The Morgan fingerprint density at radius 3 is 2.47 bits per heavy atom. The Labute approximate surface area is 103 Å². The van der Waals surface area contributed by atoms with Crippen LogP contribution in [0.3, 0.4) is 0 Å². The summed E-state index contributed by atoms with van der Waals surface area (Å²) in [6.45, 7) is 6.51. The molecule has 0 bridgehead atoms. The molecule has 2 aliphatic rings. The highest BCUT2D eigenvalue weighted by Crippen LogP contribution is 2.44. The number of likely N-dealkylation sites (tertiary alicyclic amines) is 1. The highest BCUT2D eigenvalue weighted by atomic mass is 16.6. The van der Waals surface area contributed by atoms with E-state index in [1.54, 1.807) is 0 Å². The van der Waals surface area contributed by atoms with Crippen LogP contribution in [0.15, 0.2) is 0 Å². The second-order valence-corrected chi connectivity index (χ2v) is 6.34. The molecule has 1 unspecified atom stereocenters. The van der Waals surface area contributed by atoms with Gasteiger partial charge in [-0.05, 0) is 52.9 Å². The van der Waals surface area contributed by atoms with Crippen molar-refractivity contribution in [3.8, 4) is 0 Å². The quantitative estimate of drug-likeness (QED) is 0.706. The summed E-state index contributed by atoms with van der Waals surface area (Å²) in [5, 5.41) is 0. The van der Waals surface area contributed by atoms with Gasteiger partial charge in [0.15, 0.2) is 0 Å². The highest BCUT2D eigenvalue weighted by Gasteiger charge is 2.51. The Hall–Kier alpha value is -0.770. The van der Waals surface area contributed by atoms with Gasteiger partial charge < -0.3 is 15.4 Å². The van der Waals surface area contributed by atoms with E-state index in [-0.39, 0.29) is 17.7 Å². The molecule has 2 N–H and O–H groups in total. The van der Waals surface area contributed by atoms with E-state index < -0.39 is 5.60 Å². The maximum atomic E-state index is 12.2. The SMILES string of the molecule is CC(C)(C)OC(=O)N1CCCC(N)C12CCC2. The molecular weight excluding hydrogens is 216 g/mol. The fraction of sp³-hybridized carbons (Fsp3) is 0.923. The smallest absolute Gasteiger partial charge is 0.410 e. The number of hydrogen-bond donors (Lipinski definition) is 1. The van der Waals surface area contributed by atoms with E-state index in [1.807, 2.05) is 25.7 Å². The number of hydrogen-bond acceptors (Lipinski definition) is 3. The number of nitrogens with zero attached hydrogens (tertiary/aromatic N) is 1. The lowest BCUT2D eigenvalue weighted by atomic mass is 9.67. The summed E-state index contributed by atoms with van der Waals surface area (Å²) in [5.74, 6) is 0. The molecule has 1 saturated heterocycles. The second-order valence-electron chi connectivity index (χ2n) is 6.34. The van der Waals surface area contributed by atoms with E-state index in [9.17, 15) is 4.79 Å². The average Bonchev–Trinajstić information content (AvgIpc) is 2.11. The first-order chi connectivity index (χ1) is 7.85. The number of amides is 1. The van der Waals surface area contributed by atoms with E-state index in [1.165, 1.54) is 6.42 Å². The summed E-state index contributed by atoms with van der Waals surface area (Å²) < 4.78 is 5.49. The molecule has 1 saturated carbocycles. The standard InChI is InChI=1S/C13H24N2O2/c1-12(2,3)17-11(16)15-9-4-6-10(14)13(15)7-5-8-13/h10H,4-9,14H2,1-3H3. The van der Waals surface area contributed by atoms with Gasteiger partial charge in [0.1, 0.15) is 5.60 Å². The van der Waals surface area contributed by atoms with E-state index in [0.29, 0.717) is 0 Å². The monoisotopic (exact) mass is 240 g/mol. The van der Waals surface area contributed by atoms with Gasteiger partial charge in [0, 0.05) is 12.6 Å². The average molecular weight is 240 g/mol. The molecule has 1 aliphatic heterocycles. The van der Waals surface area contributed by atoms with Crippen LogP contribution in [0.1, 0.15) is 52.9 Å². The minimum absolute atomic E-state index is 0.0966. The Balaban J connectivity index is 2.10. The van der Waals surface area contributed by atoms with Crippen LogP contribution in [0.25, 0.3) is 0 Å². The van der Waals surface area contributed by atoms with Crippen molar-refractivity contribution in [2.24, 2.45) is 5.73 Å². The van der Waals surface area contributed by atoms with Crippen LogP contribution >= 0.6 is 0 Å². The highest BCUT2D eigenvalue weighted by molar-refractivity contribution is 5.70. The van der Waals surface area contributed by atoms with Gasteiger partial charge in [0.05, 0.1) is 5.54 Å². The molecule has 0 aromatic carbocycles. The summed E-state index contributed by atoms with van der Waals surface area (Å²) in [6, 6.07) is 0.123. The van der Waals surface area contributed by atoms with Gasteiger partial charge in [-0.3, -0.25) is 0 Å². The van der Waals surface area contributed by atoms with Crippen LogP contribution in [-0.4, -0.2) is 34.7 Å². The van der Waals surface area contributed by atoms with Crippen molar-refractivity contribution in [3.63, 3.8) is 0 Å². The fourth-order valence-electron chi connectivity index (χ4n) is 2.93. The molecule has 1 amide bonds. The van der Waals surface area contributed by atoms with Crippen LogP contribution in [0.2, 0.25) is 0 Å².